The number of amides is 1. The maximum atomic E-state index is 11.4. The Morgan fingerprint density at radius 2 is 1.87 bits per heavy atom. The van der Waals surface area contributed by atoms with Crippen molar-refractivity contribution in [3.8, 4) is 0 Å². The molecule has 0 radical (unpaired) electrons. The van der Waals surface area contributed by atoms with E-state index < -0.39 is 0 Å². The summed E-state index contributed by atoms with van der Waals surface area (Å²) in [5, 5.41) is 0. The van der Waals surface area contributed by atoms with Crippen LogP contribution in [0.15, 0.2) is 0 Å². The summed E-state index contributed by atoms with van der Waals surface area (Å²) >= 11 is 0. The number of carbonyl (C=O) groups excluding carboxylic acids is 1. The normalized spacial score (nSPS) is 28.3. The van der Waals surface area contributed by atoms with Crippen molar-refractivity contribution < 1.29 is 4.79 Å². The summed E-state index contributed by atoms with van der Waals surface area (Å²) in [5.41, 5.74) is 0. The SMILES string of the molecule is CC(=O)N1CCCC1CN1CCCCC1. The number of likely N-dealkylation sites (tertiary alicyclic amines) is 2. The third-order valence-corrected chi connectivity index (χ3v) is 3.70. The molecule has 0 aromatic rings. The fraction of sp³-hybridized carbons (Fsp3) is 0.917. The zero-order valence-corrected chi connectivity index (χ0v) is 9.74. The molecule has 0 aromatic carbocycles. The second kappa shape index (κ2) is 4.97. The van der Waals surface area contributed by atoms with E-state index in [-0.39, 0.29) is 5.91 Å². The van der Waals surface area contributed by atoms with Crippen molar-refractivity contribution in [1.82, 2.24) is 9.80 Å². The number of hydrogen-bond acceptors (Lipinski definition) is 2. The van der Waals surface area contributed by atoms with E-state index in [4.69, 9.17) is 0 Å². The predicted molar refractivity (Wildman–Crippen MR) is 60.7 cm³/mol. The van der Waals surface area contributed by atoms with Crippen LogP contribution in [0.4, 0.5) is 0 Å². The van der Waals surface area contributed by atoms with Gasteiger partial charge >= 0.3 is 0 Å². The second-order valence-electron chi connectivity index (χ2n) is 4.87. The number of hydrogen-bond donors (Lipinski definition) is 0. The Morgan fingerprint density at radius 3 is 2.53 bits per heavy atom. The smallest absolute Gasteiger partial charge is 0.219 e. The molecule has 86 valence electrons. The highest BCUT2D eigenvalue weighted by Crippen LogP contribution is 2.20. The number of nitrogens with zero attached hydrogens (tertiary/aromatic N) is 2. The fourth-order valence-corrected chi connectivity index (χ4v) is 2.88. The lowest BCUT2D eigenvalue weighted by molar-refractivity contribution is -0.129. The van der Waals surface area contributed by atoms with Crippen LogP contribution in [0.2, 0.25) is 0 Å². The van der Waals surface area contributed by atoms with Crippen molar-refractivity contribution in [3.05, 3.63) is 0 Å². The minimum Gasteiger partial charge on any atom is -0.339 e. The third kappa shape index (κ3) is 2.71. The second-order valence-corrected chi connectivity index (χ2v) is 4.87. The van der Waals surface area contributed by atoms with E-state index in [9.17, 15) is 4.79 Å². The van der Waals surface area contributed by atoms with E-state index in [1.807, 2.05) is 0 Å². The average Bonchev–Trinajstić information content (AvgIpc) is 2.67. The van der Waals surface area contributed by atoms with E-state index in [2.05, 4.69) is 9.80 Å². The summed E-state index contributed by atoms with van der Waals surface area (Å²) in [6.07, 6.45) is 6.46. The zero-order valence-electron chi connectivity index (χ0n) is 9.74. The maximum Gasteiger partial charge on any atom is 0.219 e. The Labute approximate surface area is 92.4 Å². The van der Waals surface area contributed by atoms with Crippen LogP contribution in [0, 0.1) is 0 Å². The molecule has 0 saturated carbocycles. The molecule has 3 heteroatoms. The van der Waals surface area contributed by atoms with Gasteiger partial charge in [-0.2, -0.15) is 0 Å². The topological polar surface area (TPSA) is 23.6 Å². The Morgan fingerprint density at radius 1 is 1.13 bits per heavy atom. The summed E-state index contributed by atoms with van der Waals surface area (Å²) in [6.45, 7) is 6.27. The predicted octanol–water partition coefficient (Wildman–Crippen LogP) is 1.48. The fourth-order valence-electron chi connectivity index (χ4n) is 2.88. The average molecular weight is 210 g/mol. The highest BCUT2D eigenvalue weighted by molar-refractivity contribution is 5.73. The third-order valence-electron chi connectivity index (χ3n) is 3.70. The molecule has 1 unspecified atom stereocenters. The van der Waals surface area contributed by atoms with E-state index in [0.717, 1.165) is 13.1 Å². The highest BCUT2D eigenvalue weighted by Gasteiger charge is 2.28. The highest BCUT2D eigenvalue weighted by atomic mass is 16.2. The Balaban J connectivity index is 1.84. The summed E-state index contributed by atoms with van der Waals surface area (Å²) in [4.78, 5) is 16.0. The molecule has 0 aromatic heterocycles. The Bertz CT molecular complexity index is 224. The van der Waals surface area contributed by atoms with Crippen LogP contribution >= 0.6 is 0 Å². The van der Waals surface area contributed by atoms with Gasteiger partial charge in [0.25, 0.3) is 0 Å². The molecule has 2 aliphatic heterocycles. The first-order chi connectivity index (χ1) is 7.27. The maximum absolute atomic E-state index is 11.4. The largest absolute Gasteiger partial charge is 0.339 e. The van der Waals surface area contributed by atoms with Crippen LogP contribution in [0.5, 0.6) is 0 Å². The molecular weight excluding hydrogens is 188 g/mol. The van der Waals surface area contributed by atoms with Gasteiger partial charge in [-0.1, -0.05) is 6.42 Å². The van der Waals surface area contributed by atoms with Crippen LogP contribution in [0.25, 0.3) is 0 Å². The summed E-state index contributed by atoms with van der Waals surface area (Å²) in [5.74, 6) is 0.259. The lowest BCUT2D eigenvalue weighted by Crippen LogP contribution is -2.44. The quantitative estimate of drug-likeness (QED) is 0.689. The molecule has 15 heavy (non-hydrogen) atoms. The van der Waals surface area contributed by atoms with Crippen LogP contribution in [-0.2, 0) is 4.79 Å². The van der Waals surface area contributed by atoms with E-state index in [1.165, 1.54) is 45.2 Å². The molecule has 2 fully saturated rings. The van der Waals surface area contributed by atoms with Crippen molar-refractivity contribution >= 4 is 5.91 Å². The van der Waals surface area contributed by atoms with Gasteiger partial charge in [-0.25, -0.2) is 0 Å². The van der Waals surface area contributed by atoms with E-state index in [0.29, 0.717) is 6.04 Å². The van der Waals surface area contributed by atoms with Gasteiger partial charge in [0.1, 0.15) is 0 Å². The van der Waals surface area contributed by atoms with Gasteiger partial charge in [0.15, 0.2) is 0 Å². The van der Waals surface area contributed by atoms with Gasteiger partial charge in [0.05, 0.1) is 0 Å². The molecule has 1 amide bonds. The lowest BCUT2D eigenvalue weighted by Gasteiger charge is -2.32. The van der Waals surface area contributed by atoms with Crippen molar-refractivity contribution in [2.45, 2.75) is 45.1 Å². The number of carbonyl (C=O) groups is 1. The lowest BCUT2D eigenvalue weighted by atomic mass is 10.1. The van der Waals surface area contributed by atoms with Crippen LogP contribution in [-0.4, -0.2) is 47.9 Å². The number of rotatable bonds is 2. The molecule has 2 saturated heterocycles. The van der Waals surface area contributed by atoms with Crippen LogP contribution < -0.4 is 0 Å². The van der Waals surface area contributed by atoms with E-state index >= 15 is 0 Å². The van der Waals surface area contributed by atoms with Gasteiger partial charge in [0, 0.05) is 26.1 Å². The molecule has 0 aliphatic carbocycles. The molecule has 0 bridgehead atoms. The van der Waals surface area contributed by atoms with Gasteiger partial charge in [-0.15, -0.1) is 0 Å². The molecule has 3 nitrogen and oxygen atoms in total. The molecule has 0 spiro atoms. The first-order valence-electron chi connectivity index (χ1n) is 6.27. The molecule has 2 aliphatic rings. The summed E-state index contributed by atoms with van der Waals surface area (Å²) in [7, 11) is 0. The Hall–Kier alpha value is -0.570. The van der Waals surface area contributed by atoms with Crippen molar-refractivity contribution in [1.29, 1.82) is 0 Å². The first-order valence-corrected chi connectivity index (χ1v) is 6.27. The van der Waals surface area contributed by atoms with Crippen LogP contribution in [0.3, 0.4) is 0 Å². The molecule has 1 atom stereocenters. The summed E-state index contributed by atoms with van der Waals surface area (Å²) in [6, 6.07) is 0.501. The standard InChI is InChI=1S/C12H22N2O/c1-11(15)14-9-5-6-12(14)10-13-7-3-2-4-8-13/h12H,2-10H2,1H3. The van der Waals surface area contributed by atoms with Crippen molar-refractivity contribution in [3.63, 3.8) is 0 Å². The summed E-state index contributed by atoms with van der Waals surface area (Å²) < 4.78 is 0. The van der Waals surface area contributed by atoms with Crippen molar-refractivity contribution in [2.24, 2.45) is 0 Å². The monoisotopic (exact) mass is 210 g/mol. The first kappa shape index (κ1) is 10.9. The number of piperidine rings is 1. The molecule has 2 heterocycles. The van der Waals surface area contributed by atoms with Gasteiger partial charge in [-0.05, 0) is 38.8 Å². The molecule has 2 rings (SSSR count). The molecular formula is C12H22N2O. The van der Waals surface area contributed by atoms with Gasteiger partial charge in [0.2, 0.25) is 5.91 Å². The minimum absolute atomic E-state index is 0.259. The van der Waals surface area contributed by atoms with E-state index in [1.54, 1.807) is 6.92 Å². The molecule has 0 N–H and O–H groups in total. The van der Waals surface area contributed by atoms with Crippen molar-refractivity contribution in [2.75, 3.05) is 26.2 Å². The van der Waals surface area contributed by atoms with Gasteiger partial charge in [-0.3, -0.25) is 4.79 Å². The Kier molecular flexibility index (Phi) is 3.62. The van der Waals surface area contributed by atoms with Crippen LogP contribution in [0.1, 0.15) is 39.0 Å². The zero-order chi connectivity index (χ0) is 10.7. The van der Waals surface area contributed by atoms with Gasteiger partial charge < -0.3 is 9.80 Å². The minimum atomic E-state index is 0.259.